The van der Waals surface area contributed by atoms with Crippen molar-refractivity contribution in [1.29, 1.82) is 0 Å². The first kappa shape index (κ1) is 16.5. The van der Waals surface area contributed by atoms with Gasteiger partial charge in [-0.15, -0.1) is 5.10 Å². The number of benzene rings is 2. The molecule has 0 radical (unpaired) electrons. The molecule has 0 aliphatic carbocycles. The zero-order valence-electron chi connectivity index (χ0n) is 14.9. The standard InChI is InChI=1S/C21H22N4O/c1-16-10-8-9-15-24(16)21(26)19-22-20(17-11-4-2-5-12-17)25(23-19)18-13-6-3-7-14-18/h2-7,11-14,16H,8-10,15H2,1H3/t16-/m0/s1. The Bertz CT molecular complexity index is 832. The molecule has 132 valence electrons. The van der Waals surface area contributed by atoms with Crippen LogP contribution in [0.5, 0.6) is 0 Å². The number of carbonyl (C=O) groups excluding carboxylic acids is 1. The number of amides is 1. The fourth-order valence-corrected chi connectivity index (χ4v) is 3.45. The van der Waals surface area contributed by atoms with Gasteiger partial charge < -0.3 is 4.90 Å². The fourth-order valence-electron chi connectivity index (χ4n) is 3.45. The Kier molecular flexibility index (Phi) is 4.52. The highest BCUT2D eigenvalue weighted by Crippen LogP contribution is 2.23. The van der Waals surface area contributed by atoms with Crippen LogP contribution >= 0.6 is 0 Å². The van der Waals surface area contributed by atoms with E-state index in [-0.39, 0.29) is 17.8 Å². The Balaban J connectivity index is 1.77. The maximum Gasteiger partial charge on any atom is 0.293 e. The normalized spacial score (nSPS) is 17.3. The molecule has 26 heavy (non-hydrogen) atoms. The van der Waals surface area contributed by atoms with E-state index in [0.717, 1.165) is 30.6 Å². The molecule has 1 amide bonds. The molecule has 0 saturated carbocycles. The third kappa shape index (κ3) is 3.12. The molecule has 3 aromatic rings. The minimum atomic E-state index is -0.0796. The molecule has 1 saturated heterocycles. The van der Waals surface area contributed by atoms with E-state index in [4.69, 9.17) is 0 Å². The maximum atomic E-state index is 13.0. The van der Waals surface area contributed by atoms with Gasteiger partial charge >= 0.3 is 0 Å². The second-order valence-corrected chi connectivity index (χ2v) is 6.72. The predicted octanol–water partition coefficient (Wildman–Crippen LogP) is 3.95. The largest absolute Gasteiger partial charge is 0.333 e. The lowest BCUT2D eigenvalue weighted by Gasteiger charge is -2.32. The summed E-state index contributed by atoms with van der Waals surface area (Å²) in [5.41, 5.74) is 1.83. The predicted molar refractivity (Wildman–Crippen MR) is 101 cm³/mol. The molecule has 5 nitrogen and oxygen atoms in total. The number of nitrogens with zero attached hydrogens (tertiary/aromatic N) is 4. The number of likely N-dealkylation sites (tertiary alicyclic amines) is 1. The van der Waals surface area contributed by atoms with Crippen LogP contribution in [0.4, 0.5) is 0 Å². The molecule has 2 heterocycles. The van der Waals surface area contributed by atoms with Crippen molar-refractivity contribution in [3.05, 3.63) is 66.5 Å². The third-order valence-corrected chi connectivity index (χ3v) is 4.90. The summed E-state index contributed by atoms with van der Waals surface area (Å²) in [6.45, 7) is 2.88. The second-order valence-electron chi connectivity index (χ2n) is 6.72. The third-order valence-electron chi connectivity index (χ3n) is 4.90. The van der Waals surface area contributed by atoms with Gasteiger partial charge in [0.15, 0.2) is 5.82 Å². The van der Waals surface area contributed by atoms with Crippen LogP contribution in [0.3, 0.4) is 0 Å². The number of carbonyl (C=O) groups is 1. The molecular weight excluding hydrogens is 324 g/mol. The van der Waals surface area contributed by atoms with Gasteiger partial charge in [0.25, 0.3) is 5.91 Å². The van der Waals surface area contributed by atoms with E-state index >= 15 is 0 Å². The van der Waals surface area contributed by atoms with Crippen molar-refractivity contribution in [2.75, 3.05) is 6.54 Å². The van der Waals surface area contributed by atoms with Gasteiger partial charge in [-0.3, -0.25) is 4.79 Å². The first-order valence-corrected chi connectivity index (χ1v) is 9.13. The minimum Gasteiger partial charge on any atom is -0.333 e. The van der Waals surface area contributed by atoms with Crippen LogP contribution in [0.1, 0.15) is 36.8 Å². The maximum absolute atomic E-state index is 13.0. The van der Waals surface area contributed by atoms with Crippen LogP contribution in [0, 0.1) is 0 Å². The van der Waals surface area contributed by atoms with Gasteiger partial charge in [0, 0.05) is 18.2 Å². The van der Waals surface area contributed by atoms with Crippen LogP contribution in [0.25, 0.3) is 17.1 Å². The monoisotopic (exact) mass is 346 g/mol. The van der Waals surface area contributed by atoms with Crippen molar-refractivity contribution in [2.24, 2.45) is 0 Å². The molecule has 1 aromatic heterocycles. The van der Waals surface area contributed by atoms with Crippen molar-refractivity contribution in [1.82, 2.24) is 19.7 Å². The second kappa shape index (κ2) is 7.12. The van der Waals surface area contributed by atoms with Crippen LogP contribution in [0.15, 0.2) is 60.7 Å². The Morgan fingerprint density at radius 1 is 1.00 bits per heavy atom. The van der Waals surface area contributed by atoms with Gasteiger partial charge in [0.1, 0.15) is 0 Å². The summed E-state index contributed by atoms with van der Waals surface area (Å²) >= 11 is 0. The summed E-state index contributed by atoms with van der Waals surface area (Å²) in [6, 6.07) is 19.9. The molecule has 1 aliphatic heterocycles. The Labute approximate surface area is 153 Å². The molecular formula is C21H22N4O. The zero-order chi connectivity index (χ0) is 17.9. The topological polar surface area (TPSA) is 51.0 Å². The number of aromatic nitrogens is 3. The number of piperidine rings is 1. The van der Waals surface area contributed by atoms with E-state index in [0.29, 0.717) is 5.82 Å². The van der Waals surface area contributed by atoms with E-state index < -0.39 is 0 Å². The van der Waals surface area contributed by atoms with Crippen LogP contribution in [-0.4, -0.2) is 38.2 Å². The van der Waals surface area contributed by atoms with Gasteiger partial charge in [-0.1, -0.05) is 48.5 Å². The molecule has 1 atom stereocenters. The van der Waals surface area contributed by atoms with Gasteiger partial charge in [-0.25, -0.2) is 9.67 Å². The van der Waals surface area contributed by atoms with Crippen molar-refractivity contribution in [3.8, 4) is 17.1 Å². The van der Waals surface area contributed by atoms with E-state index in [9.17, 15) is 4.79 Å². The Morgan fingerprint density at radius 2 is 1.69 bits per heavy atom. The summed E-state index contributed by atoms with van der Waals surface area (Å²) < 4.78 is 1.76. The van der Waals surface area contributed by atoms with E-state index in [1.165, 1.54) is 6.42 Å². The van der Waals surface area contributed by atoms with E-state index in [1.54, 1.807) is 4.68 Å². The molecule has 2 aromatic carbocycles. The van der Waals surface area contributed by atoms with Crippen molar-refractivity contribution >= 4 is 5.91 Å². The Morgan fingerprint density at radius 3 is 2.38 bits per heavy atom. The smallest absolute Gasteiger partial charge is 0.293 e. The van der Waals surface area contributed by atoms with Crippen molar-refractivity contribution in [2.45, 2.75) is 32.2 Å². The quantitative estimate of drug-likeness (QED) is 0.721. The van der Waals surface area contributed by atoms with Gasteiger partial charge in [0.05, 0.1) is 5.69 Å². The highest BCUT2D eigenvalue weighted by atomic mass is 16.2. The summed E-state index contributed by atoms with van der Waals surface area (Å²) in [4.78, 5) is 19.6. The molecule has 0 bridgehead atoms. The summed E-state index contributed by atoms with van der Waals surface area (Å²) in [5, 5.41) is 4.58. The zero-order valence-corrected chi connectivity index (χ0v) is 14.9. The van der Waals surface area contributed by atoms with Crippen LogP contribution in [0.2, 0.25) is 0 Å². The minimum absolute atomic E-state index is 0.0796. The molecule has 4 rings (SSSR count). The number of hydrogen-bond acceptors (Lipinski definition) is 3. The van der Waals surface area contributed by atoms with Crippen molar-refractivity contribution in [3.63, 3.8) is 0 Å². The highest BCUT2D eigenvalue weighted by Gasteiger charge is 2.28. The van der Waals surface area contributed by atoms with Crippen LogP contribution in [-0.2, 0) is 0 Å². The van der Waals surface area contributed by atoms with E-state index in [2.05, 4.69) is 17.0 Å². The Hall–Kier alpha value is -2.95. The fraction of sp³-hybridized carbons (Fsp3) is 0.286. The number of rotatable bonds is 3. The van der Waals surface area contributed by atoms with Crippen molar-refractivity contribution < 1.29 is 4.79 Å². The first-order chi connectivity index (χ1) is 12.7. The molecule has 0 N–H and O–H groups in total. The number of para-hydroxylation sites is 1. The molecule has 5 heteroatoms. The lowest BCUT2D eigenvalue weighted by molar-refractivity contribution is 0.0623. The number of hydrogen-bond donors (Lipinski definition) is 0. The van der Waals surface area contributed by atoms with Gasteiger partial charge in [-0.2, -0.15) is 0 Å². The van der Waals surface area contributed by atoms with E-state index in [1.807, 2.05) is 65.6 Å². The molecule has 0 spiro atoms. The van der Waals surface area contributed by atoms with Crippen LogP contribution < -0.4 is 0 Å². The highest BCUT2D eigenvalue weighted by molar-refractivity contribution is 5.91. The summed E-state index contributed by atoms with van der Waals surface area (Å²) in [5.74, 6) is 0.871. The molecule has 0 unspecified atom stereocenters. The summed E-state index contributed by atoms with van der Waals surface area (Å²) in [7, 11) is 0. The SMILES string of the molecule is C[C@H]1CCCCN1C(=O)c1nc(-c2ccccc2)n(-c2ccccc2)n1. The van der Waals surface area contributed by atoms with Gasteiger partial charge in [-0.05, 0) is 38.3 Å². The first-order valence-electron chi connectivity index (χ1n) is 9.13. The lowest BCUT2D eigenvalue weighted by atomic mass is 10.0. The molecule has 1 aliphatic rings. The lowest BCUT2D eigenvalue weighted by Crippen LogP contribution is -2.42. The van der Waals surface area contributed by atoms with Gasteiger partial charge in [0.2, 0.25) is 5.82 Å². The average Bonchev–Trinajstić information content (AvgIpc) is 3.15. The summed E-state index contributed by atoms with van der Waals surface area (Å²) in [6.07, 6.45) is 3.25. The molecule has 1 fully saturated rings. The average molecular weight is 346 g/mol.